The van der Waals surface area contributed by atoms with E-state index in [4.69, 9.17) is 11.6 Å². The van der Waals surface area contributed by atoms with Crippen molar-refractivity contribution < 1.29 is 9.90 Å². The van der Waals surface area contributed by atoms with Crippen LogP contribution in [0.4, 0.5) is 0 Å². The molecule has 0 aliphatic heterocycles. The summed E-state index contributed by atoms with van der Waals surface area (Å²) in [5.74, 6) is 0.0347. The quantitative estimate of drug-likeness (QED) is 0.828. The summed E-state index contributed by atoms with van der Waals surface area (Å²) in [6.45, 7) is 5.81. The van der Waals surface area contributed by atoms with Crippen molar-refractivity contribution in [2.45, 2.75) is 33.2 Å². The monoisotopic (exact) mass is 352 g/mol. The SMILES string of the molecule is CCC(C)C(CO)NC(=O)c1sc(-c2ccc(Cl)cc2)nc1C. The predicted octanol–water partition coefficient (Wildman–Crippen LogP) is 3.91. The van der Waals surface area contributed by atoms with Crippen LogP contribution in [0, 0.1) is 12.8 Å². The average molecular weight is 353 g/mol. The molecule has 2 aromatic rings. The Balaban J connectivity index is 2.20. The van der Waals surface area contributed by atoms with Gasteiger partial charge in [0.1, 0.15) is 9.88 Å². The van der Waals surface area contributed by atoms with E-state index in [-0.39, 0.29) is 24.5 Å². The van der Waals surface area contributed by atoms with E-state index >= 15 is 0 Å². The molecule has 2 N–H and O–H groups in total. The minimum absolute atomic E-state index is 0.0668. The zero-order chi connectivity index (χ0) is 17.0. The van der Waals surface area contributed by atoms with Gasteiger partial charge in [-0.15, -0.1) is 11.3 Å². The van der Waals surface area contributed by atoms with Crippen LogP contribution in [0.25, 0.3) is 10.6 Å². The van der Waals surface area contributed by atoms with Crippen molar-refractivity contribution in [2.75, 3.05) is 6.61 Å². The van der Waals surface area contributed by atoms with Crippen LogP contribution in [0.3, 0.4) is 0 Å². The van der Waals surface area contributed by atoms with Gasteiger partial charge in [-0.05, 0) is 25.0 Å². The third-order valence-corrected chi connectivity index (χ3v) is 5.40. The molecule has 0 spiro atoms. The van der Waals surface area contributed by atoms with Crippen molar-refractivity contribution in [1.29, 1.82) is 0 Å². The molecule has 124 valence electrons. The van der Waals surface area contributed by atoms with Gasteiger partial charge in [-0.2, -0.15) is 0 Å². The van der Waals surface area contributed by atoms with Gasteiger partial charge in [0.05, 0.1) is 18.3 Å². The molecule has 1 heterocycles. The van der Waals surface area contributed by atoms with Crippen molar-refractivity contribution in [3.8, 4) is 10.6 Å². The fraction of sp³-hybridized carbons (Fsp3) is 0.412. The molecule has 1 amide bonds. The van der Waals surface area contributed by atoms with E-state index in [0.717, 1.165) is 17.0 Å². The van der Waals surface area contributed by atoms with Gasteiger partial charge >= 0.3 is 0 Å². The number of thiazole rings is 1. The summed E-state index contributed by atoms with van der Waals surface area (Å²) >= 11 is 7.25. The average Bonchev–Trinajstić information content (AvgIpc) is 2.94. The summed E-state index contributed by atoms with van der Waals surface area (Å²) in [5.41, 5.74) is 1.63. The Morgan fingerprint density at radius 2 is 2.04 bits per heavy atom. The minimum Gasteiger partial charge on any atom is -0.394 e. The van der Waals surface area contributed by atoms with Gasteiger partial charge in [-0.25, -0.2) is 4.98 Å². The van der Waals surface area contributed by atoms with Gasteiger partial charge in [0.25, 0.3) is 5.91 Å². The van der Waals surface area contributed by atoms with E-state index in [9.17, 15) is 9.90 Å². The number of carbonyl (C=O) groups excluding carboxylic acids is 1. The number of carbonyl (C=O) groups is 1. The topological polar surface area (TPSA) is 62.2 Å². The number of aromatic nitrogens is 1. The number of aliphatic hydroxyl groups is 1. The largest absolute Gasteiger partial charge is 0.394 e. The minimum atomic E-state index is -0.243. The smallest absolute Gasteiger partial charge is 0.263 e. The lowest BCUT2D eigenvalue weighted by Crippen LogP contribution is -2.41. The number of hydrogen-bond acceptors (Lipinski definition) is 4. The normalized spacial score (nSPS) is 13.6. The number of nitrogens with one attached hydrogen (secondary N) is 1. The lowest BCUT2D eigenvalue weighted by molar-refractivity contribution is 0.0895. The molecular weight excluding hydrogens is 332 g/mol. The molecule has 0 saturated carbocycles. The van der Waals surface area contributed by atoms with Crippen LogP contribution >= 0.6 is 22.9 Å². The number of benzene rings is 1. The summed E-state index contributed by atoms with van der Waals surface area (Å²) in [6.07, 6.45) is 0.892. The highest BCUT2D eigenvalue weighted by Gasteiger charge is 2.22. The van der Waals surface area contributed by atoms with Crippen LogP contribution in [0.15, 0.2) is 24.3 Å². The second-order valence-corrected chi connectivity index (χ2v) is 7.02. The van der Waals surface area contributed by atoms with Crippen molar-refractivity contribution in [1.82, 2.24) is 10.3 Å². The standard InChI is InChI=1S/C17H21ClN2O2S/c1-4-10(2)14(9-21)20-16(22)15-11(3)19-17(23-15)12-5-7-13(18)8-6-12/h5-8,10,14,21H,4,9H2,1-3H3,(H,20,22). The van der Waals surface area contributed by atoms with E-state index in [1.165, 1.54) is 11.3 Å². The van der Waals surface area contributed by atoms with Crippen LogP contribution in [-0.4, -0.2) is 28.6 Å². The van der Waals surface area contributed by atoms with Crippen LogP contribution in [0.1, 0.15) is 35.6 Å². The highest BCUT2D eigenvalue weighted by atomic mass is 35.5. The van der Waals surface area contributed by atoms with E-state index in [1.54, 1.807) is 12.1 Å². The van der Waals surface area contributed by atoms with E-state index in [1.807, 2.05) is 32.9 Å². The maximum Gasteiger partial charge on any atom is 0.263 e. The van der Waals surface area contributed by atoms with Crippen LogP contribution in [0.2, 0.25) is 5.02 Å². The van der Waals surface area contributed by atoms with E-state index in [2.05, 4.69) is 10.3 Å². The fourth-order valence-corrected chi connectivity index (χ4v) is 3.31. The Hall–Kier alpha value is -1.43. The second kappa shape index (κ2) is 7.90. The zero-order valence-corrected chi connectivity index (χ0v) is 15.0. The number of halogens is 1. The van der Waals surface area contributed by atoms with Crippen molar-refractivity contribution in [2.24, 2.45) is 5.92 Å². The molecule has 4 nitrogen and oxygen atoms in total. The summed E-state index contributed by atoms with van der Waals surface area (Å²) in [5, 5.41) is 13.8. The molecule has 0 radical (unpaired) electrons. The molecule has 0 aliphatic rings. The molecule has 0 aliphatic carbocycles. The third kappa shape index (κ3) is 4.31. The molecule has 1 aromatic carbocycles. The first-order valence-electron chi connectivity index (χ1n) is 7.61. The molecule has 0 saturated heterocycles. The number of nitrogens with zero attached hydrogens (tertiary/aromatic N) is 1. The summed E-state index contributed by atoms with van der Waals surface area (Å²) in [7, 11) is 0. The maximum absolute atomic E-state index is 12.5. The molecule has 1 aromatic heterocycles. The highest BCUT2D eigenvalue weighted by Crippen LogP contribution is 2.29. The Bertz CT molecular complexity index is 670. The Morgan fingerprint density at radius 3 is 2.61 bits per heavy atom. The summed E-state index contributed by atoms with van der Waals surface area (Å²) < 4.78 is 0. The molecule has 2 rings (SSSR count). The van der Waals surface area contributed by atoms with E-state index in [0.29, 0.717) is 15.6 Å². The van der Waals surface area contributed by atoms with Crippen LogP contribution in [-0.2, 0) is 0 Å². The van der Waals surface area contributed by atoms with Gasteiger partial charge in [0.15, 0.2) is 0 Å². The fourth-order valence-electron chi connectivity index (χ4n) is 2.21. The van der Waals surface area contributed by atoms with Crippen molar-refractivity contribution in [3.05, 3.63) is 39.9 Å². The Labute approximate surface area is 145 Å². The van der Waals surface area contributed by atoms with Gasteiger partial charge < -0.3 is 10.4 Å². The number of aryl methyl sites for hydroxylation is 1. The zero-order valence-electron chi connectivity index (χ0n) is 13.5. The lowest BCUT2D eigenvalue weighted by atomic mass is 10.00. The van der Waals surface area contributed by atoms with Crippen LogP contribution < -0.4 is 5.32 Å². The molecule has 2 atom stereocenters. The third-order valence-electron chi connectivity index (χ3n) is 3.94. The van der Waals surface area contributed by atoms with Crippen molar-refractivity contribution in [3.63, 3.8) is 0 Å². The van der Waals surface area contributed by atoms with Gasteiger partial charge in [0, 0.05) is 10.6 Å². The highest BCUT2D eigenvalue weighted by molar-refractivity contribution is 7.17. The second-order valence-electron chi connectivity index (χ2n) is 5.59. The molecule has 2 unspecified atom stereocenters. The number of rotatable bonds is 6. The van der Waals surface area contributed by atoms with Gasteiger partial charge in [-0.3, -0.25) is 4.79 Å². The first-order chi connectivity index (χ1) is 11.0. The van der Waals surface area contributed by atoms with E-state index < -0.39 is 0 Å². The first kappa shape index (κ1) is 17.9. The van der Waals surface area contributed by atoms with Crippen LogP contribution in [0.5, 0.6) is 0 Å². The number of amides is 1. The van der Waals surface area contributed by atoms with Gasteiger partial charge in [0.2, 0.25) is 0 Å². The first-order valence-corrected chi connectivity index (χ1v) is 8.80. The predicted molar refractivity (Wildman–Crippen MR) is 95.1 cm³/mol. The summed E-state index contributed by atoms with van der Waals surface area (Å²) in [6, 6.07) is 7.14. The molecule has 6 heteroatoms. The maximum atomic E-state index is 12.5. The molecule has 0 fully saturated rings. The molecule has 0 bridgehead atoms. The molecular formula is C17H21ClN2O2S. The van der Waals surface area contributed by atoms with Crippen molar-refractivity contribution >= 4 is 28.8 Å². The number of hydrogen-bond donors (Lipinski definition) is 2. The molecule has 23 heavy (non-hydrogen) atoms. The Morgan fingerprint density at radius 1 is 1.39 bits per heavy atom. The number of aliphatic hydroxyl groups excluding tert-OH is 1. The Kier molecular flexibility index (Phi) is 6.16. The lowest BCUT2D eigenvalue weighted by Gasteiger charge is -2.21. The van der Waals surface area contributed by atoms with Gasteiger partial charge in [-0.1, -0.05) is 44.0 Å². The summed E-state index contributed by atoms with van der Waals surface area (Å²) in [4.78, 5) is 17.5.